The molecule has 0 spiro atoms. The minimum atomic E-state index is -0.253. The summed E-state index contributed by atoms with van der Waals surface area (Å²) in [6.07, 6.45) is 4.83. The van der Waals surface area contributed by atoms with Crippen LogP contribution in [0.5, 0.6) is 0 Å². The minimum Gasteiger partial charge on any atom is -0.372 e. The highest BCUT2D eigenvalue weighted by atomic mass is 16.2. The first-order valence-electron chi connectivity index (χ1n) is 10.7. The van der Waals surface area contributed by atoms with Gasteiger partial charge in [-0.2, -0.15) is 0 Å². The number of aromatic nitrogens is 2. The molecule has 1 saturated carbocycles. The summed E-state index contributed by atoms with van der Waals surface area (Å²) in [6, 6.07) is 8.11. The van der Waals surface area contributed by atoms with E-state index in [0.717, 1.165) is 68.8 Å². The van der Waals surface area contributed by atoms with E-state index < -0.39 is 0 Å². The first-order valence-corrected chi connectivity index (χ1v) is 10.7. The van der Waals surface area contributed by atoms with Crippen LogP contribution in [0, 0.1) is 0 Å². The summed E-state index contributed by atoms with van der Waals surface area (Å²) in [5.41, 5.74) is 3.10. The van der Waals surface area contributed by atoms with Crippen LogP contribution < -0.4 is 15.5 Å². The lowest BCUT2D eigenvalue weighted by molar-refractivity contribution is 0.0935. The highest BCUT2D eigenvalue weighted by Crippen LogP contribution is 2.24. The van der Waals surface area contributed by atoms with Crippen molar-refractivity contribution in [3.63, 3.8) is 0 Å². The molecular weight excluding hydrogens is 366 g/mol. The number of fused-ring (bicyclic) bond motifs is 1. The number of hydrogen-bond acceptors (Lipinski definition) is 4. The van der Waals surface area contributed by atoms with E-state index in [1.165, 1.54) is 0 Å². The molecule has 1 fully saturated rings. The topological polar surface area (TPSA) is 79.3 Å². The van der Waals surface area contributed by atoms with E-state index in [0.29, 0.717) is 11.5 Å². The molecule has 7 heteroatoms. The van der Waals surface area contributed by atoms with Crippen molar-refractivity contribution in [2.75, 3.05) is 23.3 Å². The van der Waals surface area contributed by atoms with E-state index in [-0.39, 0.29) is 17.9 Å². The number of anilines is 2. The van der Waals surface area contributed by atoms with Crippen molar-refractivity contribution < 1.29 is 9.59 Å². The first-order chi connectivity index (χ1) is 14.1. The molecule has 2 heterocycles. The Bertz CT molecular complexity index is 895. The maximum atomic E-state index is 13.0. The van der Waals surface area contributed by atoms with Crippen LogP contribution in [0.3, 0.4) is 0 Å². The third-order valence-corrected chi connectivity index (χ3v) is 5.70. The van der Waals surface area contributed by atoms with Gasteiger partial charge in [0.25, 0.3) is 11.8 Å². The number of amides is 2. The number of imidazole rings is 1. The average molecular weight is 396 g/mol. The fraction of sp³-hybridized carbons (Fsp3) is 0.500. The summed E-state index contributed by atoms with van der Waals surface area (Å²) in [6.45, 7) is 6.86. The summed E-state index contributed by atoms with van der Waals surface area (Å²) < 4.78 is 1.93. The van der Waals surface area contributed by atoms with Gasteiger partial charge in [-0.25, -0.2) is 4.98 Å². The van der Waals surface area contributed by atoms with Crippen LogP contribution in [0.4, 0.5) is 11.4 Å². The zero-order chi connectivity index (χ0) is 20.4. The second-order valence-electron chi connectivity index (χ2n) is 7.76. The van der Waals surface area contributed by atoms with Gasteiger partial charge in [0, 0.05) is 37.1 Å². The highest BCUT2D eigenvalue weighted by molar-refractivity contribution is 6.05. The molecule has 2 N–H and O–H groups in total. The van der Waals surface area contributed by atoms with Crippen molar-refractivity contribution in [1.29, 1.82) is 0 Å². The number of hydrogen-bond donors (Lipinski definition) is 2. The second-order valence-corrected chi connectivity index (χ2v) is 7.76. The van der Waals surface area contributed by atoms with Crippen LogP contribution >= 0.6 is 0 Å². The number of nitrogens with zero attached hydrogens (tertiary/aromatic N) is 3. The quantitative estimate of drug-likeness (QED) is 0.755. The summed E-state index contributed by atoms with van der Waals surface area (Å²) >= 11 is 0. The highest BCUT2D eigenvalue weighted by Gasteiger charge is 2.30. The van der Waals surface area contributed by atoms with Gasteiger partial charge in [-0.15, -0.1) is 0 Å². The molecule has 154 valence electrons. The van der Waals surface area contributed by atoms with Gasteiger partial charge < -0.3 is 20.1 Å². The molecule has 2 aliphatic rings. The van der Waals surface area contributed by atoms with Gasteiger partial charge in [-0.05, 0) is 70.2 Å². The molecule has 1 aliphatic heterocycles. The molecule has 2 aromatic rings. The van der Waals surface area contributed by atoms with Crippen molar-refractivity contribution in [2.45, 2.75) is 58.5 Å². The standard InChI is InChI=1S/C22H29N5O2/c1-3-26(4-2)17-12-10-16(11-13-17)23-21(28)19-18-7-5-6-14-27(18)20(25-19)22(29)24-15-8-9-15/h10-13,15H,3-9,14H2,1-2H3,(H,23,28)(H,24,29). The van der Waals surface area contributed by atoms with Crippen molar-refractivity contribution in [2.24, 2.45) is 0 Å². The Hall–Kier alpha value is -2.83. The van der Waals surface area contributed by atoms with E-state index in [2.05, 4.69) is 34.4 Å². The maximum absolute atomic E-state index is 13.0. The molecular formula is C22H29N5O2. The Kier molecular flexibility index (Phi) is 5.56. The van der Waals surface area contributed by atoms with E-state index in [9.17, 15) is 9.59 Å². The number of carbonyl (C=O) groups excluding carboxylic acids is 2. The second kappa shape index (κ2) is 8.27. The minimum absolute atomic E-state index is 0.168. The van der Waals surface area contributed by atoms with Gasteiger partial charge >= 0.3 is 0 Å². The molecule has 0 saturated heterocycles. The van der Waals surface area contributed by atoms with Gasteiger partial charge in [0.1, 0.15) is 0 Å². The molecule has 1 aromatic heterocycles. The van der Waals surface area contributed by atoms with Crippen molar-refractivity contribution in [3.05, 3.63) is 41.5 Å². The number of nitrogens with one attached hydrogen (secondary N) is 2. The summed E-state index contributed by atoms with van der Waals surface area (Å²) in [5.74, 6) is -0.0522. The lowest BCUT2D eigenvalue weighted by Gasteiger charge is -2.21. The van der Waals surface area contributed by atoms with Gasteiger partial charge in [-0.1, -0.05) is 0 Å². The molecule has 0 radical (unpaired) electrons. The Labute approximate surface area is 171 Å². The Morgan fingerprint density at radius 2 is 1.83 bits per heavy atom. The number of rotatable bonds is 7. The molecule has 0 bridgehead atoms. The van der Waals surface area contributed by atoms with E-state index in [1.807, 2.05) is 28.8 Å². The molecule has 4 rings (SSSR count). The molecule has 29 heavy (non-hydrogen) atoms. The zero-order valence-corrected chi connectivity index (χ0v) is 17.2. The molecule has 2 amide bonds. The smallest absolute Gasteiger partial charge is 0.287 e. The predicted octanol–water partition coefficient (Wildman–Crippen LogP) is 3.21. The predicted molar refractivity (Wildman–Crippen MR) is 114 cm³/mol. The van der Waals surface area contributed by atoms with Gasteiger partial charge in [0.2, 0.25) is 0 Å². The van der Waals surface area contributed by atoms with Crippen LogP contribution in [0.1, 0.15) is 66.3 Å². The Balaban J connectivity index is 1.53. The molecule has 7 nitrogen and oxygen atoms in total. The average Bonchev–Trinajstić information content (AvgIpc) is 3.46. The Morgan fingerprint density at radius 1 is 1.10 bits per heavy atom. The Morgan fingerprint density at radius 3 is 2.48 bits per heavy atom. The van der Waals surface area contributed by atoms with Crippen LogP contribution in [-0.4, -0.2) is 40.5 Å². The van der Waals surface area contributed by atoms with Crippen LogP contribution in [0.25, 0.3) is 0 Å². The lowest BCUT2D eigenvalue weighted by atomic mass is 10.1. The van der Waals surface area contributed by atoms with Crippen molar-refractivity contribution in [1.82, 2.24) is 14.9 Å². The summed E-state index contributed by atoms with van der Waals surface area (Å²) in [4.78, 5) is 32.3. The fourth-order valence-corrected chi connectivity index (χ4v) is 3.91. The normalized spacial score (nSPS) is 15.5. The van der Waals surface area contributed by atoms with Crippen LogP contribution in [-0.2, 0) is 13.0 Å². The summed E-state index contributed by atoms with van der Waals surface area (Å²) in [7, 11) is 0. The van der Waals surface area contributed by atoms with Gasteiger partial charge in [0.15, 0.2) is 11.5 Å². The fourth-order valence-electron chi connectivity index (χ4n) is 3.91. The van der Waals surface area contributed by atoms with Crippen LogP contribution in [0.2, 0.25) is 0 Å². The monoisotopic (exact) mass is 395 g/mol. The van der Waals surface area contributed by atoms with E-state index in [1.54, 1.807) is 0 Å². The van der Waals surface area contributed by atoms with Crippen LogP contribution in [0.15, 0.2) is 24.3 Å². The molecule has 1 aliphatic carbocycles. The number of carbonyl (C=O) groups is 2. The first kappa shape index (κ1) is 19.5. The number of benzene rings is 1. The zero-order valence-electron chi connectivity index (χ0n) is 17.2. The largest absolute Gasteiger partial charge is 0.372 e. The SMILES string of the molecule is CCN(CC)c1ccc(NC(=O)c2nc(C(=O)NC3CC3)n3c2CCCC3)cc1. The van der Waals surface area contributed by atoms with E-state index in [4.69, 9.17) is 0 Å². The maximum Gasteiger partial charge on any atom is 0.287 e. The van der Waals surface area contributed by atoms with Gasteiger partial charge in [0.05, 0.1) is 5.69 Å². The summed E-state index contributed by atoms with van der Waals surface area (Å²) in [5, 5.41) is 5.94. The third kappa shape index (κ3) is 4.13. The van der Waals surface area contributed by atoms with Gasteiger partial charge in [-0.3, -0.25) is 9.59 Å². The van der Waals surface area contributed by atoms with E-state index >= 15 is 0 Å². The van der Waals surface area contributed by atoms with Crippen molar-refractivity contribution >= 4 is 23.2 Å². The molecule has 0 unspecified atom stereocenters. The lowest BCUT2D eigenvalue weighted by Crippen LogP contribution is -2.29. The molecule has 0 atom stereocenters. The third-order valence-electron chi connectivity index (χ3n) is 5.70. The molecule has 1 aromatic carbocycles. The van der Waals surface area contributed by atoms with Crippen molar-refractivity contribution in [3.8, 4) is 0 Å².